The number of H-pyrrole nitrogens is 1. The highest BCUT2D eigenvalue weighted by Gasteiger charge is 2.42. The minimum Gasteiger partial charge on any atom is -0.457 e. The Morgan fingerprint density at radius 2 is 1.97 bits per heavy atom. The standard InChI is InChI=1S/C18H18F3N3O4S2/c1-10-8-12-11(6-7-22-15(12)23-10)13-4-5-14(29-13)30(26,27)24-17(2,3)9-28-16(25)18(19,20)21/h4-8,24H,9H2,1-3H3,(H,22,23). The molecule has 0 saturated carbocycles. The number of aryl methyl sites for hydroxylation is 1. The molecule has 0 aliphatic heterocycles. The van der Waals surface area contributed by atoms with E-state index in [1.807, 2.05) is 13.0 Å². The minimum absolute atomic E-state index is 0.0232. The molecule has 0 saturated heterocycles. The summed E-state index contributed by atoms with van der Waals surface area (Å²) >= 11 is 1.01. The van der Waals surface area contributed by atoms with Crippen LogP contribution in [0.5, 0.6) is 0 Å². The van der Waals surface area contributed by atoms with Gasteiger partial charge in [0, 0.05) is 27.7 Å². The van der Waals surface area contributed by atoms with Crippen molar-refractivity contribution in [1.82, 2.24) is 14.7 Å². The van der Waals surface area contributed by atoms with Gasteiger partial charge in [-0.05, 0) is 45.0 Å². The smallest absolute Gasteiger partial charge is 0.457 e. The predicted molar refractivity (Wildman–Crippen MR) is 106 cm³/mol. The van der Waals surface area contributed by atoms with Gasteiger partial charge in [-0.15, -0.1) is 11.3 Å². The van der Waals surface area contributed by atoms with Gasteiger partial charge in [-0.3, -0.25) is 0 Å². The van der Waals surface area contributed by atoms with Gasteiger partial charge in [-0.25, -0.2) is 22.9 Å². The maximum atomic E-state index is 12.7. The Bertz CT molecular complexity index is 1200. The summed E-state index contributed by atoms with van der Waals surface area (Å²) in [5.74, 6) is -2.38. The molecule has 0 spiro atoms. The third kappa shape index (κ3) is 4.82. The van der Waals surface area contributed by atoms with Gasteiger partial charge in [0.25, 0.3) is 10.0 Å². The van der Waals surface area contributed by atoms with Crippen molar-refractivity contribution in [1.29, 1.82) is 0 Å². The van der Waals surface area contributed by atoms with E-state index in [2.05, 4.69) is 19.4 Å². The van der Waals surface area contributed by atoms with Crippen LogP contribution in [0.2, 0.25) is 0 Å². The van der Waals surface area contributed by atoms with Crippen LogP contribution in [0.3, 0.4) is 0 Å². The molecule has 12 heteroatoms. The van der Waals surface area contributed by atoms with E-state index >= 15 is 0 Å². The quantitative estimate of drug-likeness (QED) is 0.545. The van der Waals surface area contributed by atoms with Gasteiger partial charge in [0.15, 0.2) is 0 Å². The van der Waals surface area contributed by atoms with E-state index in [-0.39, 0.29) is 4.21 Å². The molecule has 0 aromatic carbocycles. The lowest BCUT2D eigenvalue weighted by Gasteiger charge is -2.25. The first-order valence-corrected chi connectivity index (χ1v) is 10.9. The fraction of sp³-hybridized carbons (Fsp3) is 0.333. The molecular weight excluding hydrogens is 443 g/mol. The second-order valence-electron chi connectivity index (χ2n) is 7.26. The Morgan fingerprint density at radius 1 is 1.27 bits per heavy atom. The van der Waals surface area contributed by atoms with Gasteiger partial charge < -0.3 is 9.72 Å². The molecule has 0 radical (unpaired) electrons. The number of ether oxygens (including phenoxy) is 1. The molecule has 7 nitrogen and oxygen atoms in total. The molecular formula is C18H18F3N3O4S2. The highest BCUT2D eigenvalue weighted by atomic mass is 32.2. The Hall–Kier alpha value is -2.44. The monoisotopic (exact) mass is 461 g/mol. The van der Waals surface area contributed by atoms with Crippen LogP contribution >= 0.6 is 11.3 Å². The molecule has 2 N–H and O–H groups in total. The number of nitrogens with zero attached hydrogens (tertiary/aromatic N) is 1. The number of esters is 1. The normalized spacial score (nSPS) is 13.0. The van der Waals surface area contributed by atoms with Crippen LogP contribution in [-0.4, -0.2) is 42.7 Å². The average molecular weight is 461 g/mol. The number of halogens is 3. The molecule has 3 heterocycles. The molecule has 3 rings (SSSR count). The second kappa shape index (κ2) is 7.67. The molecule has 0 aliphatic rings. The van der Waals surface area contributed by atoms with Crippen LogP contribution in [0.4, 0.5) is 13.2 Å². The number of fused-ring (bicyclic) bond motifs is 1. The number of rotatable bonds is 6. The number of aromatic amines is 1. The molecule has 0 aliphatic carbocycles. The fourth-order valence-electron chi connectivity index (χ4n) is 2.75. The summed E-state index contributed by atoms with van der Waals surface area (Å²) in [6, 6.07) is 6.73. The summed E-state index contributed by atoms with van der Waals surface area (Å²) in [6.07, 6.45) is -3.54. The first kappa shape index (κ1) is 22.2. The van der Waals surface area contributed by atoms with E-state index in [1.54, 1.807) is 18.3 Å². The summed E-state index contributed by atoms with van der Waals surface area (Å²) < 4.78 is 68.7. The lowest BCUT2D eigenvalue weighted by Crippen LogP contribution is -2.47. The van der Waals surface area contributed by atoms with Crippen LogP contribution in [-0.2, 0) is 19.6 Å². The van der Waals surface area contributed by atoms with Gasteiger partial charge in [-0.2, -0.15) is 13.2 Å². The van der Waals surface area contributed by atoms with Crippen molar-refractivity contribution in [2.75, 3.05) is 6.61 Å². The molecule has 0 unspecified atom stereocenters. The van der Waals surface area contributed by atoms with Crippen molar-refractivity contribution in [3.63, 3.8) is 0 Å². The number of alkyl halides is 3. The fourth-order valence-corrected chi connectivity index (χ4v) is 5.50. The number of sulfonamides is 1. The zero-order valence-electron chi connectivity index (χ0n) is 16.1. The van der Waals surface area contributed by atoms with Gasteiger partial charge >= 0.3 is 12.1 Å². The Kier molecular flexibility index (Phi) is 5.69. The summed E-state index contributed by atoms with van der Waals surface area (Å²) in [7, 11) is -4.06. The SMILES string of the molecule is Cc1cc2c(-c3ccc(S(=O)(=O)NC(C)(C)COC(=O)C(F)(F)F)s3)ccnc2[nH]1. The number of aromatic nitrogens is 2. The van der Waals surface area contributed by atoms with Crippen molar-refractivity contribution in [3.8, 4) is 10.4 Å². The summed E-state index contributed by atoms with van der Waals surface area (Å²) in [4.78, 5) is 18.9. The van der Waals surface area contributed by atoms with E-state index in [4.69, 9.17) is 0 Å². The largest absolute Gasteiger partial charge is 0.490 e. The number of carbonyl (C=O) groups is 1. The van der Waals surface area contributed by atoms with Gasteiger partial charge in [0.05, 0.1) is 5.54 Å². The zero-order valence-corrected chi connectivity index (χ0v) is 17.8. The number of hydrogen-bond acceptors (Lipinski definition) is 6. The highest BCUT2D eigenvalue weighted by Crippen LogP contribution is 2.35. The number of hydrogen-bond donors (Lipinski definition) is 2. The predicted octanol–water partition coefficient (Wildman–Crippen LogP) is 3.76. The second-order valence-corrected chi connectivity index (χ2v) is 10.2. The Morgan fingerprint density at radius 3 is 2.63 bits per heavy atom. The number of nitrogens with one attached hydrogen (secondary N) is 2. The molecule has 162 valence electrons. The number of thiophene rings is 1. The molecule has 0 atom stereocenters. The van der Waals surface area contributed by atoms with E-state index in [0.29, 0.717) is 10.5 Å². The van der Waals surface area contributed by atoms with Gasteiger partial charge in [0.2, 0.25) is 0 Å². The first-order chi connectivity index (χ1) is 13.8. The van der Waals surface area contributed by atoms with Crippen LogP contribution in [0, 0.1) is 6.92 Å². The first-order valence-electron chi connectivity index (χ1n) is 8.61. The highest BCUT2D eigenvalue weighted by molar-refractivity contribution is 7.91. The topological polar surface area (TPSA) is 101 Å². The molecule has 0 bridgehead atoms. The van der Waals surface area contributed by atoms with Crippen LogP contribution in [0.15, 0.2) is 34.7 Å². The Labute approximate surface area is 174 Å². The van der Waals surface area contributed by atoms with Crippen molar-refractivity contribution in [3.05, 3.63) is 36.2 Å². The maximum absolute atomic E-state index is 12.7. The Balaban J connectivity index is 1.80. The van der Waals surface area contributed by atoms with Crippen molar-refractivity contribution >= 4 is 38.4 Å². The molecule has 0 fully saturated rings. The van der Waals surface area contributed by atoms with Crippen LogP contribution < -0.4 is 4.72 Å². The third-order valence-electron chi connectivity index (χ3n) is 3.98. The number of carbonyl (C=O) groups excluding carboxylic acids is 1. The van der Waals surface area contributed by atoms with E-state index in [9.17, 15) is 26.4 Å². The van der Waals surface area contributed by atoms with Crippen LogP contribution in [0.25, 0.3) is 21.5 Å². The van der Waals surface area contributed by atoms with Crippen molar-refractivity contribution in [2.45, 2.75) is 36.7 Å². The lowest BCUT2D eigenvalue weighted by atomic mass is 10.1. The van der Waals surface area contributed by atoms with Gasteiger partial charge in [-0.1, -0.05) is 0 Å². The average Bonchev–Trinajstić information content (AvgIpc) is 3.23. The summed E-state index contributed by atoms with van der Waals surface area (Å²) in [6.45, 7) is 3.74. The molecule has 3 aromatic rings. The number of pyridine rings is 1. The van der Waals surface area contributed by atoms with E-state index in [0.717, 1.165) is 28.0 Å². The van der Waals surface area contributed by atoms with Crippen molar-refractivity contribution in [2.24, 2.45) is 0 Å². The zero-order chi connectivity index (χ0) is 22.3. The molecule has 30 heavy (non-hydrogen) atoms. The van der Waals surface area contributed by atoms with E-state index in [1.165, 1.54) is 19.9 Å². The van der Waals surface area contributed by atoms with Crippen LogP contribution in [0.1, 0.15) is 19.5 Å². The van der Waals surface area contributed by atoms with Crippen molar-refractivity contribution < 1.29 is 31.1 Å². The lowest BCUT2D eigenvalue weighted by molar-refractivity contribution is -0.201. The molecule has 3 aromatic heterocycles. The van der Waals surface area contributed by atoms with Gasteiger partial charge in [0.1, 0.15) is 16.5 Å². The summed E-state index contributed by atoms with van der Waals surface area (Å²) in [5, 5.41) is 0.841. The summed E-state index contributed by atoms with van der Waals surface area (Å²) in [5.41, 5.74) is 0.930. The minimum atomic E-state index is -5.15. The molecule has 0 amide bonds. The van der Waals surface area contributed by atoms with E-state index < -0.39 is 34.3 Å². The maximum Gasteiger partial charge on any atom is 0.490 e. The third-order valence-corrected chi connectivity index (χ3v) is 7.29.